The third-order valence-electron chi connectivity index (χ3n) is 2.84. The topological polar surface area (TPSA) is 101 Å². The molecule has 0 atom stereocenters. The lowest BCUT2D eigenvalue weighted by Gasteiger charge is -2.09. The summed E-state index contributed by atoms with van der Waals surface area (Å²) < 4.78 is 23.3. The van der Waals surface area contributed by atoms with Crippen LogP contribution in [0.3, 0.4) is 0 Å². The predicted octanol–water partition coefficient (Wildman–Crippen LogP) is 0.195. The quantitative estimate of drug-likeness (QED) is 0.764. The molecule has 0 saturated heterocycles. The highest BCUT2D eigenvalue weighted by Crippen LogP contribution is 2.22. The van der Waals surface area contributed by atoms with Crippen LogP contribution in [0.4, 0.5) is 5.82 Å². The number of sulfone groups is 1. The summed E-state index contributed by atoms with van der Waals surface area (Å²) in [5.41, 5.74) is 0.578. The van der Waals surface area contributed by atoms with Crippen LogP contribution in [0.15, 0.2) is 29.4 Å². The van der Waals surface area contributed by atoms with E-state index in [1.165, 1.54) is 18.5 Å². The minimum absolute atomic E-state index is 0.0309. The van der Waals surface area contributed by atoms with Crippen LogP contribution in [0.2, 0.25) is 0 Å². The molecular formula is C14H14N4O3S. The van der Waals surface area contributed by atoms with Crippen LogP contribution < -0.4 is 10.6 Å². The van der Waals surface area contributed by atoms with E-state index < -0.39 is 9.84 Å². The van der Waals surface area contributed by atoms with Crippen LogP contribution in [0, 0.1) is 12.3 Å². The molecule has 2 aromatic rings. The van der Waals surface area contributed by atoms with Crippen molar-refractivity contribution < 1.29 is 13.2 Å². The number of benzene rings is 1. The Labute approximate surface area is 128 Å². The molecule has 0 radical (unpaired) electrons. The predicted molar refractivity (Wildman–Crippen MR) is 83.0 cm³/mol. The molecule has 1 aromatic heterocycles. The molecule has 7 nitrogen and oxygen atoms in total. The number of hydrogen-bond acceptors (Lipinski definition) is 6. The second-order valence-corrected chi connectivity index (χ2v) is 6.52. The second-order valence-electron chi connectivity index (χ2n) is 4.51. The molecule has 0 spiro atoms. The van der Waals surface area contributed by atoms with E-state index in [-0.39, 0.29) is 23.9 Å². The van der Waals surface area contributed by atoms with Crippen LogP contribution in [0.1, 0.15) is 0 Å². The fourth-order valence-electron chi connectivity index (χ4n) is 1.78. The number of nitrogens with zero attached hydrogens (tertiary/aromatic N) is 2. The van der Waals surface area contributed by atoms with Gasteiger partial charge in [-0.15, -0.1) is 6.42 Å². The molecule has 0 aliphatic carbocycles. The highest BCUT2D eigenvalue weighted by atomic mass is 32.2. The van der Waals surface area contributed by atoms with Gasteiger partial charge in [0.15, 0.2) is 9.84 Å². The molecule has 1 amide bonds. The fraction of sp³-hybridized carbons (Fsp3) is 0.214. The van der Waals surface area contributed by atoms with Crippen LogP contribution in [0.25, 0.3) is 10.9 Å². The van der Waals surface area contributed by atoms with Crippen LogP contribution in [-0.4, -0.2) is 43.6 Å². The van der Waals surface area contributed by atoms with Crippen molar-refractivity contribution in [3.63, 3.8) is 0 Å². The molecule has 1 heterocycles. The molecule has 2 rings (SSSR count). The van der Waals surface area contributed by atoms with E-state index in [4.69, 9.17) is 6.42 Å². The van der Waals surface area contributed by atoms with Crippen molar-refractivity contribution in [2.24, 2.45) is 0 Å². The first-order valence-corrected chi connectivity index (χ1v) is 8.20. The number of aromatic nitrogens is 2. The maximum atomic E-state index is 11.6. The van der Waals surface area contributed by atoms with Gasteiger partial charge in [0.1, 0.15) is 12.1 Å². The van der Waals surface area contributed by atoms with Crippen molar-refractivity contribution in [3.05, 3.63) is 24.5 Å². The third-order valence-corrected chi connectivity index (χ3v) is 3.95. The number of carbonyl (C=O) groups is 1. The van der Waals surface area contributed by atoms with Crippen molar-refractivity contribution in [2.75, 3.05) is 24.7 Å². The first-order chi connectivity index (χ1) is 10.4. The third kappa shape index (κ3) is 3.71. The van der Waals surface area contributed by atoms with Gasteiger partial charge in [0.05, 0.1) is 23.5 Å². The summed E-state index contributed by atoms with van der Waals surface area (Å²) in [6.07, 6.45) is 7.51. The first-order valence-electron chi connectivity index (χ1n) is 6.30. The van der Waals surface area contributed by atoms with E-state index in [0.29, 0.717) is 16.7 Å². The number of rotatable bonds is 5. The van der Waals surface area contributed by atoms with Gasteiger partial charge in [-0.1, -0.05) is 5.92 Å². The Morgan fingerprint density at radius 1 is 1.36 bits per heavy atom. The standard InChI is InChI=1S/C14H14N4O3S/c1-3-6-15-13(19)8-16-14-11-7-10(22(2,20)21)4-5-12(11)17-9-18-14/h1,4-5,7,9H,6,8H2,2H3,(H,15,19)(H,16,17,18). The molecule has 0 aliphatic rings. The molecule has 1 aromatic carbocycles. The number of amides is 1. The van der Waals surface area contributed by atoms with Crippen LogP contribution in [-0.2, 0) is 14.6 Å². The Hall–Kier alpha value is -2.66. The highest BCUT2D eigenvalue weighted by molar-refractivity contribution is 7.90. The van der Waals surface area contributed by atoms with Gasteiger partial charge in [-0.2, -0.15) is 0 Å². The normalized spacial score (nSPS) is 10.9. The van der Waals surface area contributed by atoms with Crippen molar-refractivity contribution in [2.45, 2.75) is 4.90 Å². The van der Waals surface area contributed by atoms with Gasteiger partial charge in [-0.05, 0) is 18.2 Å². The number of hydrogen-bond donors (Lipinski definition) is 2. The summed E-state index contributed by atoms with van der Waals surface area (Å²) in [6.45, 7) is 0.111. The minimum Gasteiger partial charge on any atom is -0.360 e. The van der Waals surface area contributed by atoms with Gasteiger partial charge in [0.25, 0.3) is 0 Å². The van der Waals surface area contributed by atoms with Crippen molar-refractivity contribution in [1.29, 1.82) is 0 Å². The van der Waals surface area contributed by atoms with E-state index in [1.54, 1.807) is 6.07 Å². The molecule has 0 fully saturated rings. The Kier molecular flexibility index (Phi) is 4.58. The zero-order chi connectivity index (χ0) is 16.2. The summed E-state index contributed by atoms with van der Waals surface area (Å²) in [5, 5.41) is 5.88. The molecule has 114 valence electrons. The average molecular weight is 318 g/mol. The van der Waals surface area contributed by atoms with Gasteiger partial charge < -0.3 is 10.6 Å². The number of nitrogens with one attached hydrogen (secondary N) is 2. The first kappa shape index (κ1) is 15.7. The molecule has 0 bridgehead atoms. The monoisotopic (exact) mass is 318 g/mol. The fourth-order valence-corrected chi connectivity index (χ4v) is 2.43. The van der Waals surface area contributed by atoms with Gasteiger partial charge in [0.2, 0.25) is 5.91 Å². The molecule has 0 saturated carbocycles. The number of carbonyl (C=O) groups excluding carboxylic acids is 1. The van der Waals surface area contributed by atoms with E-state index in [2.05, 4.69) is 26.5 Å². The lowest BCUT2D eigenvalue weighted by molar-refractivity contribution is -0.119. The number of anilines is 1. The summed E-state index contributed by atoms with van der Waals surface area (Å²) in [7, 11) is -3.34. The molecule has 2 N–H and O–H groups in total. The average Bonchev–Trinajstić information content (AvgIpc) is 2.49. The Morgan fingerprint density at radius 3 is 2.82 bits per heavy atom. The smallest absolute Gasteiger partial charge is 0.240 e. The van der Waals surface area contributed by atoms with Crippen molar-refractivity contribution in [1.82, 2.24) is 15.3 Å². The van der Waals surface area contributed by atoms with E-state index in [9.17, 15) is 13.2 Å². The van der Waals surface area contributed by atoms with Gasteiger partial charge in [0, 0.05) is 11.6 Å². The maximum absolute atomic E-state index is 11.6. The van der Waals surface area contributed by atoms with Crippen molar-refractivity contribution in [3.8, 4) is 12.3 Å². The molecule has 0 aliphatic heterocycles. The van der Waals surface area contributed by atoms with Crippen LogP contribution >= 0.6 is 0 Å². The lowest BCUT2D eigenvalue weighted by atomic mass is 10.2. The number of terminal acetylenes is 1. The zero-order valence-electron chi connectivity index (χ0n) is 11.8. The second kappa shape index (κ2) is 6.41. The zero-order valence-corrected chi connectivity index (χ0v) is 12.6. The number of fused-ring (bicyclic) bond motifs is 1. The molecule has 0 unspecified atom stereocenters. The van der Waals surface area contributed by atoms with Gasteiger partial charge >= 0.3 is 0 Å². The highest BCUT2D eigenvalue weighted by Gasteiger charge is 2.11. The van der Waals surface area contributed by atoms with Crippen LogP contribution in [0.5, 0.6) is 0 Å². The molecule has 8 heteroatoms. The summed E-state index contributed by atoms with van der Waals surface area (Å²) in [6, 6.07) is 4.55. The minimum atomic E-state index is -3.34. The Bertz CT molecular complexity index is 856. The summed E-state index contributed by atoms with van der Waals surface area (Å²) in [4.78, 5) is 19.8. The molecule has 22 heavy (non-hydrogen) atoms. The Balaban J connectivity index is 2.30. The largest absolute Gasteiger partial charge is 0.360 e. The van der Waals surface area contributed by atoms with E-state index in [1.807, 2.05) is 0 Å². The lowest BCUT2D eigenvalue weighted by Crippen LogP contribution is -2.30. The summed E-state index contributed by atoms with van der Waals surface area (Å²) >= 11 is 0. The van der Waals surface area contributed by atoms with E-state index >= 15 is 0 Å². The van der Waals surface area contributed by atoms with E-state index in [0.717, 1.165) is 6.26 Å². The maximum Gasteiger partial charge on any atom is 0.240 e. The van der Waals surface area contributed by atoms with Gasteiger partial charge in [-0.25, -0.2) is 18.4 Å². The van der Waals surface area contributed by atoms with Gasteiger partial charge in [-0.3, -0.25) is 4.79 Å². The Morgan fingerprint density at radius 2 is 2.14 bits per heavy atom. The molecular weight excluding hydrogens is 304 g/mol. The summed E-state index contributed by atoms with van der Waals surface area (Å²) in [5.74, 6) is 2.39. The SMILES string of the molecule is C#CCNC(=O)CNc1ncnc2ccc(S(C)(=O)=O)cc12. The van der Waals surface area contributed by atoms with Crippen molar-refractivity contribution >= 4 is 32.5 Å².